The van der Waals surface area contributed by atoms with Crippen LogP contribution in [0.15, 0.2) is 11.6 Å². The van der Waals surface area contributed by atoms with Crippen molar-refractivity contribution in [3.05, 3.63) is 11.6 Å². The van der Waals surface area contributed by atoms with Crippen molar-refractivity contribution in [3.63, 3.8) is 0 Å². The summed E-state index contributed by atoms with van der Waals surface area (Å²) in [4.78, 5) is 34.3. The lowest BCUT2D eigenvalue weighted by Gasteiger charge is -2.58. The summed E-state index contributed by atoms with van der Waals surface area (Å²) in [6, 6.07) is 0.527. The molecule has 5 unspecified atom stereocenters. The molecule has 3 fully saturated rings. The normalized spacial score (nSPS) is 30.8. The maximum Gasteiger partial charge on any atom is 0.472 e. The van der Waals surface area contributed by atoms with Crippen molar-refractivity contribution in [1.82, 2.24) is 16.0 Å². The van der Waals surface area contributed by atoms with Gasteiger partial charge >= 0.3 is 7.82 Å². The molecule has 0 aromatic carbocycles. The maximum atomic E-state index is 12.4. The molecule has 4 aliphatic rings. The van der Waals surface area contributed by atoms with E-state index in [4.69, 9.17) is 9.05 Å². The SMILES string of the molecule is CC(C)CCC[C@@H](C)C1CC[C@H]2[C@@H]3CC=C4C[C@@H](NCCCNC(=O)CCNC(=O)CCCCCOP(=O)(O)OCC[N+](C)(C)C)CCC4(C)C3CCC12C. The molecular weight excluding hydrogens is 711 g/mol. The Hall–Kier alpha value is -1.29. The molecule has 4 aliphatic carbocycles. The lowest BCUT2D eigenvalue weighted by molar-refractivity contribution is -0.870. The van der Waals surface area contributed by atoms with Crippen LogP contribution in [0.4, 0.5) is 0 Å². The van der Waals surface area contributed by atoms with E-state index in [9.17, 15) is 19.0 Å². The van der Waals surface area contributed by atoms with Gasteiger partial charge in [0, 0.05) is 32.0 Å². The molecule has 4 N–H and O–H groups in total. The molecule has 0 aliphatic heterocycles. The van der Waals surface area contributed by atoms with Gasteiger partial charge in [-0.2, -0.15) is 0 Å². The Morgan fingerprint density at radius 2 is 1.58 bits per heavy atom. The van der Waals surface area contributed by atoms with Gasteiger partial charge in [-0.05, 0) is 124 Å². The minimum atomic E-state index is -4.05. The van der Waals surface area contributed by atoms with Gasteiger partial charge in [0.25, 0.3) is 0 Å². The number of likely N-dealkylation sites (N-methyl/N-ethyl adjacent to an activating group) is 1. The molecule has 4 rings (SSSR count). The van der Waals surface area contributed by atoms with Crippen LogP contribution in [0.2, 0.25) is 0 Å². The van der Waals surface area contributed by atoms with Gasteiger partial charge < -0.3 is 25.3 Å². The first kappa shape index (κ1) is 46.4. The first-order valence-electron chi connectivity index (χ1n) is 22.3. The molecule has 11 heteroatoms. The minimum Gasteiger partial charge on any atom is -0.356 e. The second kappa shape index (κ2) is 21.1. The van der Waals surface area contributed by atoms with Crippen LogP contribution in [0.5, 0.6) is 0 Å². The van der Waals surface area contributed by atoms with Gasteiger partial charge in [0.15, 0.2) is 0 Å². The Balaban J connectivity index is 1.04. The number of phosphoric acid groups is 1. The Morgan fingerprint density at radius 1 is 0.855 bits per heavy atom. The van der Waals surface area contributed by atoms with Crippen molar-refractivity contribution in [2.24, 2.45) is 46.3 Å². The lowest BCUT2D eigenvalue weighted by Crippen LogP contribution is -2.51. The van der Waals surface area contributed by atoms with E-state index in [1.165, 1.54) is 70.6 Å². The highest BCUT2D eigenvalue weighted by Crippen LogP contribution is 2.67. The van der Waals surface area contributed by atoms with E-state index < -0.39 is 7.82 Å². The van der Waals surface area contributed by atoms with E-state index in [1.807, 2.05) is 21.1 Å². The summed E-state index contributed by atoms with van der Waals surface area (Å²) in [6.45, 7) is 15.3. The van der Waals surface area contributed by atoms with Crippen LogP contribution < -0.4 is 16.0 Å². The van der Waals surface area contributed by atoms with Crippen molar-refractivity contribution in [3.8, 4) is 0 Å². The predicted octanol–water partition coefficient (Wildman–Crippen LogP) is 8.40. The highest BCUT2D eigenvalue weighted by molar-refractivity contribution is 7.47. The second-order valence-corrected chi connectivity index (χ2v) is 21.4. The Morgan fingerprint density at radius 3 is 2.33 bits per heavy atom. The number of carbonyl (C=O) groups excluding carboxylic acids is 2. The molecule has 0 heterocycles. The third-order valence-electron chi connectivity index (χ3n) is 14.4. The molecule has 10 nitrogen and oxygen atoms in total. The summed E-state index contributed by atoms with van der Waals surface area (Å²) < 4.78 is 22.6. The zero-order valence-electron chi connectivity index (χ0n) is 36.3. The summed E-state index contributed by atoms with van der Waals surface area (Å²) in [5.41, 5.74) is 2.64. The number of fused-ring (bicyclic) bond motifs is 5. The van der Waals surface area contributed by atoms with Gasteiger partial charge in [-0.1, -0.05) is 72.0 Å². The van der Waals surface area contributed by atoms with Crippen molar-refractivity contribution < 1.29 is 32.6 Å². The second-order valence-electron chi connectivity index (χ2n) is 19.9. The van der Waals surface area contributed by atoms with E-state index in [0.29, 0.717) is 66.7 Å². The number of hydrogen-bond donors (Lipinski definition) is 4. The molecule has 2 amide bonds. The minimum absolute atomic E-state index is 0.0392. The van der Waals surface area contributed by atoms with Gasteiger partial charge in [0.1, 0.15) is 13.2 Å². The summed E-state index contributed by atoms with van der Waals surface area (Å²) in [5.74, 6) is 5.10. The third-order valence-corrected chi connectivity index (χ3v) is 15.4. The maximum absolute atomic E-state index is 12.4. The first-order chi connectivity index (χ1) is 25.9. The number of amides is 2. The zero-order valence-corrected chi connectivity index (χ0v) is 37.2. The largest absolute Gasteiger partial charge is 0.472 e. The number of carbonyl (C=O) groups is 2. The Labute approximate surface area is 335 Å². The Bertz CT molecular complexity index is 1300. The number of allylic oxidation sites excluding steroid dienone is 1. The van der Waals surface area contributed by atoms with Crippen molar-refractivity contribution in [2.45, 2.75) is 150 Å². The number of hydrogen-bond acceptors (Lipinski definition) is 6. The van der Waals surface area contributed by atoms with E-state index in [1.54, 1.807) is 5.57 Å². The highest BCUT2D eigenvalue weighted by Gasteiger charge is 2.59. The van der Waals surface area contributed by atoms with Crippen LogP contribution in [0, 0.1) is 46.3 Å². The molecule has 9 atom stereocenters. The molecular formula is C44H82N4O6P+. The molecule has 55 heavy (non-hydrogen) atoms. The van der Waals surface area contributed by atoms with Gasteiger partial charge in [-0.15, -0.1) is 0 Å². The molecule has 318 valence electrons. The number of nitrogens with one attached hydrogen (secondary N) is 3. The zero-order chi connectivity index (χ0) is 40.3. The quantitative estimate of drug-likeness (QED) is 0.0335. The highest BCUT2D eigenvalue weighted by atomic mass is 31.2. The number of phosphoric ester groups is 1. The first-order valence-corrected chi connectivity index (χ1v) is 23.8. The van der Waals surface area contributed by atoms with Crippen LogP contribution in [0.25, 0.3) is 0 Å². The van der Waals surface area contributed by atoms with Gasteiger partial charge in [0.05, 0.1) is 27.7 Å². The van der Waals surface area contributed by atoms with E-state index >= 15 is 0 Å². The van der Waals surface area contributed by atoms with Gasteiger partial charge in [-0.25, -0.2) is 4.57 Å². The van der Waals surface area contributed by atoms with Crippen LogP contribution in [-0.4, -0.2) is 87.8 Å². The molecule has 3 saturated carbocycles. The smallest absolute Gasteiger partial charge is 0.356 e. The fourth-order valence-corrected chi connectivity index (χ4v) is 11.9. The molecule has 0 aromatic heterocycles. The number of rotatable bonds is 24. The van der Waals surface area contributed by atoms with Crippen LogP contribution >= 0.6 is 7.82 Å². The molecule has 0 spiro atoms. The average molecular weight is 794 g/mol. The van der Waals surface area contributed by atoms with E-state index in [0.717, 1.165) is 48.5 Å². The molecule has 0 aromatic rings. The summed E-state index contributed by atoms with van der Waals surface area (Å²) >= 11 is 0. The summed E-state index contributed by atoms with van der Waals surface area (Å²) in [7, 11) is 1.89. The van der Waals surface area contributed by atoms with Crippen molar-refractivity contribution in [1.29, 1.82) is 0 Å². The van der Waals surface area contributed by atoms with Crippen molar-refractivity contribution in [2.75, 3.05) is 60.5 Å². The fraction of sp³-hybridized carbons (Fsp3) is 0.909. The third kappa shape index (κ3) is 13.9. The van der Waals surface area contributed by atoms with Gasteiger partial charge in [0.2, 0.25) is 11.8 Å². The molecule has 0 radical (unpaired) electrons. The van der Waals surface area contributed by atoms with Gasteiger partial charge in [-0.3, -0.25) is 18.6 Å². The monoisotopic (exact) mass is 794 g/mol. The van der Waals surface area contributed by atoms with Crippen molar-refractivity contribution >= 4 is 19.6 Å². The summed E-state index contributed by atoms with van der Waals surface area (Å²) in [5, 5.41) is 9.66. The van der Waals surface area contributed by atoms with E-state index in [-0.39, 0.29) is 31.4 Å². The summed E-state index contributed by atoms with van der Waals surface area (Å²) in [6.07, 6.45) is 21.1. The van der Waals surface area contributed by atoms with Crippen LogP contribution in [0.3, 0.4) is 0 Å². The number of quaternary nitrogens is 1. The fourth-order valence-electron chi connectivity index (χ4n) is 11.2. The lowest BCUT2D eigenvalue weighted by atomic mass is 9.47. The molecule has 0 bridgehead atoms. The Kier molecular flexibility index (Phi) is 17.8. The van der Waals surface area contributed by atoms with Crippen LogP contribution in [-0.2, 0) is 23.2 Å². The topological polar surface area (TPSA) is 126 Å². The standard InChI is InChI=1S/C44H81N4O6P/c1-33(2)14-12-15-34(3)38-19-20-39-37-18-17-35-32-36(21-24-43(35,4)40(37)22-25-44(38,39)5)45-26-13-27-46-42(50)23-28-47-41(49)16-10-9-11-30-53-55(51,52)54-31-29-48(6,7)8/h17,33-34,36-40,45H,9-16,18-32H2,1-8H3,(H2-,46,47,49,50,51,52)/p+1/t34-,36+,37+,38?,39+,40?,43?,44?/m1/s1. The number of unbranched alkanes of at least 4 members (excludes halogenated alkanes) is 2. The molecule has 0 saturated heterocycles. The predicted molar refractivity (Wildman–Crippen MR) is 223 cm³/mol. The van der Waals surface area contributed by atoms with Crippen LogP contribution in [0.1, 0.15) is 144 Å². The number of nitrogens with zero attached hydrogens (tertiary/aromatic N) is 1. The van der Waals surface area contributed by atoms with E-state index in [2.05, 4.69) is 56.6 Å². The average Bonchev–Trinajstić information content (AvgIpc) is 3.46.